The smallest absolute Gasteiger partial charge is 0.355 e. The fourth-order valence-corrected chi connectivity index (χ4v) is 1.76. The zero-order valence-corrected chi connectivity index (χ0v) is 9.35. The molecule has 1 aliphatic carbocycles. The van der Waals surface area contributed by atoms with Gasteiger partial charge in [0.25, 0.3) is 0 Å². The van der Waals surface area contributed by atoms with E-state index in [0.717, 1.165) is 12.8 Å². The van der Waals surface area contributed by atoms with Crippen molar-refractivity contribution in [3.05, 3.63) is 24.0 Å². The van der Waals surface area contributed by atoms with Crippen molar-refractivity contribution in [2.24, 2.45) is 13.0 Å². The quantitative estimate of drug-likeness (QED) is 0.570. The Morgan fingerprint density at radius 1 is 1.75 bits per heavy atom. The van der Waals surface area contributed by atoms with Gasteiger partial charge in [-0.15, -0.1) is 12.3 Å². The second-order valence-electron chi connectivity index (χ2n) is 4.19. The van der Waals surface area contributed by atoms with Crippen LogP contribution in [0.2, 0.25) is 0 Å². The lowest BCUT2D eigenvalue weighted by Gasteiger charge is -2.14. The summed E-state index contributed by atoms with van der Waals surface area (Å²) in [5, 5.41) is 0. The van der Waals surface area contributed by atoms with Crippen molar-refractivity contribution >= 4 is 5.97 Å². The Kier molecular flexibility index (Phi) is 3.00. The molecule has 0 N–H and O–H groups in total. The molecule has 2 rings (SSSR count). The molecule has 1 fully saturated rings. The maximum Gasteiger partial charge on any atom is 0.355 e. The summed E-state index contributed by atoms with van der Waals surface area (Å²) in [7, 11) is 1.82. The van der Waals surface area contributed by atoms with E-state index in [9.17, 15) is 4.79 Å². The molecule has 1 atom stereocenters. The highest BCUT2D eigenvalue weighted by Crippen LogP contribution is 2.36. The van der Waals surface area contributed by atoms with Crippen molar-refractivity contribution in [2.75, 3.05) is 0 Å². The van der Waals surface area contributed by atoms with E-state index in [2.05, 4.69) is 5.92 Å². The maximum absolute atomic E-state index is 11.8. The lowest BCUT2D eigenvalue weighted by molar-refractivity contribution is 0.0250. The Morgan fingerprint density at radius 3 is 3.00 bits per heavy atom. The van der Waals surface area contributed by atoms with Gasteiger partial charge in [-0.2, -0.15) is 0 Å². The van der Waals surface area contributed by atoms with Crippen LogP contribution in [0.5, 0.6) is 0 Å². The second kappa shape index (κ2) is 4.44. The lowest BCUT2D eigenvalue weighted by atomic mass is 10.2. The average molecular weight is 217 g/mol. The first-order valence-corrected chi connectivity index (χ1v) is 5.48. The Morgan fingerprint density at radius 2 is 2.50 bits per heavy atom. The standard InChI is InChI=1S/C13H15NO2/c1-3-5-12(10-7-8-10)16-13(15)11-6-4-9-14(11)2/h1,4,6,9-10,12H,5,7-8H2,2H3/t12-/m0/s1. The third-order valence-electron chi connectivity index (χ3n) is 2.88. The summed E-state index contributed by atoms with van der Waals surface area (Å²) < 4.78 is 7.19. The van der Waals surface area contributed by atoms with Crippen molar-refractivity contribution in [2.45, 2.75) is 25.4 Å². The summed E-state index contributed by atoms with van der Waals surface area (Å²) in [6, 6.07) is 3.58. The number of hydrogen-bond donors (Lipinski definition) is 0. The molecule has 1 saturated carbocycles. The molecule has 0 aliphatic heterocycles. The molecular weight excluding hydrogens is 202 g/mol. The van der Waals surface area contributed by atoms with Crippen LogP contribution in [-0.4, -0.2) is 16.6 Å². The minimum absolute atomic E-state index is 0.104. The minimum atomic E-state index is -0.278. The molecule has 0 radical (unpaired) electrons. The number of aryl methyl sites for hydroxylation is 1. The van der Waals surface area contributed by atoms with Gasteiger partial charge in [0.15, 0.2) is 0 Å². The molecule has 1 aromatic heterocycles. The Hall–Kier alpha value is -1.69. The SMILES string of the molecule is C#CC[C@H](OC(=O)c1cccn1C)C1CC1. The molecule has 0 spiro atoms. The first-order valence-electron chi connectivity index (χ1n) is 5.48. The Balaban J connectivity index is 2.00. The second-order valence-corrected chi connectivity index (χ2v) is 4.19. The molecular formula is C13H15NO2. The van der Waals surface area contributed by atoms with Crippen molar-refractivity contribution < 1.29 is 9.53 Å². The first kappa shape index (κ1) is 10.8. The lowest BCUT2D eigenvalue weighted by Crippen LogP contribution is -2.21. The van der Waals surface area contributed by atoms with Crippen LogP contribution in [-0.2, 0) is 11.8 Å². The molecule has 0 bridgehead atoms. The van der Waals surface area contributed by atoms with E-state index in [1.807, 2.05) is 19.3 Å². The molecule has 0 unspecified atom stereocenters. The third kappa shape index (κ3) is 2.27. The van der Waals surface area contributed by atoms with E-state index in [4.69, 9.17) is 11.2 Å². The van der Waals surface area contributed by atoms with Gasteiger partial charge < -0.3 is 9.30 Å². The van der Waals surface area contributed by atoms with Gasteiger partial charge in [0.2, 0.25) is 0 Å². The molecule has 0 amide bonds. The van der Waals surface area contributed by atoms with Gasteiger partial charge in [0.1, 0.15) is 11.8 Å². The van der Waals surface area contributed by atoms with Crippen molar-refractivity contribution in [3.63, 3.8) is 0 Å². The normalized spacial score (nSPS) is 16.5. The highest BCUT2D eigenvalue weighted by atomic mass is 16.5. The fraction of sp³-hybridized carbons (Fsp3) is 0.462. The Bertz CT molecular complexity index is 423. The topological polar surface area (TPSA) is 31.2 Å². The first-order chi connectivity index (χ1) is 7.72. The Labute approximate surface area is 95.4 Å². The summed E-state index contributed by atoms with van der Waals surface area (Å²) in [5.41, 5.74) is 0.572. The molecule has 16 heavy (non-hydrogen) atoms. The van der Waals surface area contributed by atoms with E-state index in [1.165, 1.54) is 0 Å². The van der Waals surface area contributed by atoms with Crippen LogP contribution in [0.3, 0.4) is 0 Å². The van der Waals surface area contributed by atoms with Crippen molar-refractivity contribution in [1.82, 2.24) is 4.57 Å². The van der Waals surface area contributed by atoms with Crippen LogP contribution in [0, 0.1) is 18.3 Å². The summed E-state index contributed by atoms with van der Waals surface area (Å²) in [6.45, 7) is 0. The van der Waals surface area contributed by atoms with Crippen LogP contribution < -0.4 is 0 Å². The average Bonchev–Trinajstić information content (AvgIpc) is 3.00. The van der Waals surface area contributed by atoms with E-state index in [1.54, 1.807) is 10.6 Å². The van der Waals surface area contributed by atoms with Gasteiger partial charge in [-0.25, -0.2) is 4.79 Å². The zero-order valence-electron chi connectivity index (χ0n) is 9.35. The largest absolute Gasteiger partial charge is 0.456 e. The van der Waals surface area contributed by atoms with Gasteiger partial charge in [0, 0.05) is 19.7 Å². The van der Waals surface area contributed by atoms with Crippen LogP contribution in [0.4, 0.5) is 0 Å². The van der Waals surface area contributed by atoms with Crippen LogP contribution in [0.15, 0.2) is 18.3 Å². The summed E-state index contributed by atoms with van der Waals surface area (Å²) >= 11 is 0. The van der Waals surface area contributed by atoms with E-state index < -0.39 is 0 Å². The summed E-state index contributed by atoms with van der Waals surface area (Å²) in [5.74, 6) is 2.76. The van der Waals surface area contributed by atoms with E-state index in [-0.39, 0.29) is 12.1 Å². The highest BCUT2D eigenvalue weighted by molar-refractivity contribution is 5.87. The zero-order chi connectivity index (χ0) is 11.5. The molecule has 3 nitrogen and oxygen atoms in total. The highest BCUT2D eigenvalue weighted by Gasteiger charge is 2.33. The monoisotopic (exact) mass is 217 g/mol. The number of hydrogen-bond acceptors (Lipinski definition) is 2. The van der Waals surface area contributed by atoms with Crippen LogP contribution in [0.1, 0.15) is 29.8 Å². The van der Waals surface area contributed by atoms with E-state index in [0.29, 0.717) is 18.0 Å². The van der Waals surface area contributed by atoms with Crippen LogP contribution >= 0.6 is 0 Å². The van der Waals surface area contributed by atoms with Crippen molar-refractivity contribution in [3.8, 4) is 12.3 Å². The fourth-order valence-electron chi connectivity index (χ4n) is 1.76. The maximum atomic E-state index is 11.8. The van der Waals surface area contributed by atoms with Crippen molar-refractivity contribution in [1.29, 1.82) is 0 Å². The van der Waals surface area contributed by atoms with Gasteiger partial charge in [-0.1, -0.05) is 0 Å². The van der Waals surface area contributed by atoms with E-state index >= 15 is 0 Å². The number of nitrogens with zero attached hydrogens (tertiary/aromatic N) is 1. The molecule has 1 aromatic rings. The number of aromatic nitrogens is 1. The van der Waals surface area contributed by atoms with Gasteiger partial charge in [0.05, 0.1) is 0 Å². The molecule has 0 aromatic carbocycles. The van der Waals surface area contributed by atoms with Gasteiger partial charge in [-0.05, 0) is 30.9 Å². The third-order valence-corrected chi connectivity index (χ3v) is 2.88. The number of rotatable bonds is 4. The summed E-state index contributed by atoms with van der Waals surface area (Å²) in [4.78, 5) is 11.8. The van der Waals surface area contributed by atoms with Crippen LogP contribution in [0.25, 0.3) is 0 Å². The predicted molar refractivity (Wildman–Crippen MR) is 60.8 cm³/mol. The number of esters is 1. The molecule has 0 saturated heterocycles. The number of carbonyl (C=O) groups is 1. The molecule has 3 heteroatoms. The predicted octanol–water partition coefficient (Wildman–Crippen LogP) is 1.98. The minimum Gasteiger partial charge on any atom is -0.456 e. The molecule has 1 aliphatic rings. The molecule has 1 heterocycles. The number of terminal acetylenes is 1. The summed E-state index contributed by atoms with van der Waals surface area (Å²) in [6.07, 6.45) is 9.74. The molecule has 84 valence electrons. The van der Waals surface area contributed by atoms with Gasteiger partial charge >= 0.3 is 5.97 Å². The number of carbonyl (C=O) groups excluding carboxylic acids is 1. The number of ether oxygens (including phenoxy) is 1. The van der Waals surface area contributed by atoms with Gasteiger partial charge in [-0.3, -0.25) is 0 Å².